The normalized spacial score (nSPS) is 19.4. The number of aliphatic imine (C=N–C) groups is 1. The fraction of sp³-hybridized carbons (Fsp3) is 0.222. The number of fused-ring (bicyclic) bond motifs is 1. The van der Waals surface area contributed by atoms with E-state index in [1.807, 2.05) is 18.4 Å². The highest BCUT2D eigenvalue weighted by Crippen LogP contribution is 2.35. The van der Waals surface area contributed by atoms with Crippen molar-refractivity contribution in [1.29, 1.82) is 0 Å². The SMILES string of the molecule is Cc1ncn2c1C(N)=N[C@](C)(c1cc(-c3cncnc3)ccc1F)C2. The van der Waals surface area contributed by atoms with Crippen LogP contribution in [0.3, 0.4) is 0 Å². The minimum Gasteiger partial charge on any atom is -0.382 e. The van der Waals surface area contributed by atoms with Crippen molar-refractivity contribution in [2.24, 2.45) is 10.7 Å². The molecule has 6 nitrogen and oxygen atoms in total. The quantitative estimate of drug-likeness (QED) is 0.779. The van der Waals surface area contributed by atoms with Crippen molar-refractivity contribution in [1.82, 2.24) is 19.5 Å². The van der Waals surface area contributed by atoms with Crippen molar-refractivity contribution in [2.75, 3.05) is 0 Å². The van der Waals surface area contributed by atoms with Gasteiger partial charge in [-0.05, 0) is 31.5 Å². The van der Waals surface area contributed by atoms with Gasteiger partial charge in [-0.3, -0.25) is 4.99 Å². The molecule has 3 aromatic rings. The number of aryl methyl sites for hydroxylation is 1. The molecule has 0 radical (unpaired) electrons. The third kappa shape index (κ3) is 2.48. The van der Waals surface area contributed by atoms with Gasteiger partial charge in [-0.1, -0.05) is 6.07 Å². The molecular weight excluding hydrogens is 319 g/mol. The minimum absolute atomic E-state index is 0.320. The first kappa shape index (κ1) is 15.4. The Morgan fingerprint density at radius 3 is 2.72 bits per heavy atom. The molecule has 0 saturated carbocycles. The summed E-state index contributed by atoms with van der Waals surface area (Å²) in [6.07, 6.45) is 6.58. The molecule has 1 aliphatic heterocycles. The Morgan fingerprint density at radius 1 is 1.20 bits per heavy atom. The van der Waals surface area contributed by atoms with Gasteiger partial charge in [0.25, 0.3) is 0 Å². The van der Waals surface area contributed by atoms with E-state index in [4.69, 9.17) is 5.73 Å². The molecule has 0 fully saturated rings. The van der Waals surface area contributed by atoms with Gasteiger partial charge in [-0.15, -0.1) is 0 Å². The molecule has 0 unspecified atom stereocenters. The third-order valence-corrected chi connectivity index (χ3v) is 4.55. The molecule has 2 aromatic heterocycles. The van der Waals surface area contributed by atoms with Gasteiger partial charge in [0, 0.05) is 23.5 Å². The summed E-state index contributed by atoms with van der Waals surface area (Å²) in [7, 11) is 0. The number of nitrogens with zero attached hydrogens (tertiary/aromatic N) is 5. The Balaban J connectivity index is 1.83. The van der Waals surface area contributed by atoms with E-state index in [-0.39, 0.29) is 5.82 Å². The van der Waals surface area contributed by atoms with Crippen molar-refractivity contribution in [3.05, 3.63) is 66.0 Å². The first-order chi connectivity index (χ1) is 12.0. The zero-order chi connectivity index (χ0) is 17.6. The van der Waals surface area contributed by atoms with E-state index in [0.717, 1.165) is 22.5 Å². The Kier molecular flexibility index (Phi) is 3.38. The Labute approximate surface area is 144 Å². The Morgan fingerprint density at radius 2 is 1.96 bits per heavy atom. The van der Waals surface area contributed by atoms with Gasteiger partial charge >= 0.3 is 0 Å². The largest absolute Gasteiger partial charge is 0.382 e. The van der Waals surface area contributed by atoms with Gasteiger partial charge in [-0.2, -0.15) is 0 Å². The van der Waals surface area contributed by atoms with Crippen LogP contribution in [0, 0.1) is 12.7 Å². The number of nitrogens with two attached hydrogens (primary N) is 1. The topological polar surface area (TPSA) is 82.0 Å². The Hall–Kier alpha value is -3.09. The summed E-state index contributed by atoms with van der Waals surface area (Å²) in [6.45, 7) is 4.23. The lowest BCUT2D eigenvalue weighted by Gasteiger charge is -2.32. The van der Waals surface area contributed by atoms with Gasteiger partial charge in [0.15, 0.2) is 0 Å². The summed E-state index contributed by atoms with van der Waals surface area (Å²) in [5.41, 5.74) is 9.08. The van der Waals surface area contributed by atoms with E-state index < -0.39 is 5.54 Å². The maximum absolute atomic E-state index is 14.7. The summed E-state index contributed by atoms with van der Waals surface area (Å²) >= 11 is 0. The summed E-state index contributed by atoms with van der Waals surface area (Å²) in [5, 5.41) is 0. The lowest BCUT2D eigenvalue weighted by Crippen LogP contribution is -2.37. The average Bonchev–Trinajstić information content (AvgIpc) is 2.96. The fourth-order valence-electron chi connectivity index (χ4n) is 3.33. The smallest absolute Gasteiger partial charge is 0.145 e. The molecule has 2 N–H and O–H groups in total. The van der Waals surface area contributed by atoms with E-state index in [1.54, 1.807) is 30.9 Å². The zero-order valence-corrected chi connectivity index (χ0v) is 13.9. The molecule has 0 amide bonds. The number of aromatic nitrogens is 4. The van der Waals surface area contributed by atoms with E-state index in [2.05, 4.69) is 19.9 Å². The maximum Gasteiger partial charge on any atom is 0.145 e. The molecule has 1 aliphatic rings. The molecule has 126 valence electrons. The standard InChI is InChI=1S/C18H17FN6/c1-11-16-17(20)24-18(2,8-25(16)10-23-11)14-5-12(3-4-15(14)19)13-6-21-9-22-7-13/h3-7,9-10H,8H2,1-2H3,(H2,20,24)/t18-/m0/s1. The molecule has 7 heteroatoms. The minimum atomic E-state index is -0.819. The van der Waals surface area contributed by atoms with Crippen LogP contribution in [0.4, 0.5) is 4.39 Å². The van der Waals surface area contributed by atoms with Crippen molar-refractivity contribution in [3.8, 4) is 11.1 Å². The second-order valence-electron chi connectivity index (χ2n) is 6.40. The molecular formula is C18H17FN6. The van der Waals surface area contributed by atoms with E-state index in [9.17, 15) is 4.39 Å². The number of halogens is 1. The van der Waals surface area contributed by atoms with Gasteiger partial charge in [0.2, 0.25) is 0 Å². The first-order valence-electron chi connectivity index (χ1n) is 7.91. The number of hydrogen-bond acceptors (Lipinski definition) is 5. The van der Waals surface area contributed by atoms with Crippen LogP contribution in [-0.2, 0) is 12.1 Å². The van der Waals surface area contributed by atoms with Crippen molar-refractivity contribution >= 4 is 5.84 Å². The molecule has 25 heavy (non-hydrogen) atoms. The molecule has 3 heterocycles. The second-order valence-corrected chi connectivity index (χ2v) is 6.40. The van der Waals surface area contributed by atoms with Crippen LogP contribution < -0.4 is 5.73 Å². The van der Waals surface area contributed by atoms with Crippen LogP contribution in [0.1, 0.15) is 23.9 Å². The monoisotopic (exact) mass is 336 g/mol. The van der Waals surface area contributed by atoms with Crippen molar-refractivity contribution < 1.29 is 4.39 Å². The fourth-order valence-corrected chi connectivity index (χ4v) is 3.33. The van der Waals surface area contributed by atoms with Crippen molar-refractivity contribution in [2.45, 2.75) is 25.9 Å². The predicted molar refractivity (Wildman–Crippen MR) is 92.5 cm³/mol. The number of hydrogen-bond donors (Lipinski definition) is 1. The summed E-state index contributed by atoms with van der Waals surface area (Å²) in [5.74, 6) is 0.0523. The molecule has 1 atom stereocenters. The number of rotatable bonds is 2. The van der Waals surface area contributed by atoms with E-state index in [1.165, 1.54) is 12.4 Å². The first-order valence-corrected chi connectivity index (χ1v) is 7.91. The van der Waals surface area contributed by atoms with Gasteiger partial charge in [-0.25, -0.2) is 19.3 Å². The van der Waals surface area contributed by atoms with E-state index in [0.29, 0.717) is 17.9 Å². The predicted octanol–water partition coefficient (Wildman–Crippen LogP) is 2.42. The summed E-state index contributed by atoms with van der Waals surface area (Å²) < 4.78 is 16.6. The van der Waals surface area contributed by atoms with Crippen LogP contribution in [0.2, 0.25) is 0 Å². The van der Waals surface area contributed by atoms with Crippen LogP contribution in [0.5, 0.6) is 0 Å². The van der Waals surface area contributed by atoms with Crippen LogP contribution in [-0.4, -0.2) is 25.4 Å². The highest BCUT2D eigenvalue weighted by atomic mass is 19.1. The summed E-state index contributed by atoms with van der Waals surface area (Å²) in [6, 6.07) is 4.95. The number of amidine groups is 1. The van der Waals surface area contributed by atoms with Gasteiger partial charge < -0.3 is 10.3 Å². The molecule has 0 bridgehead atoms. The second kappa shape index (κ2) is 5.47. The van der Waals surface area contributed by atoms with Crippen molar-refractivity contribution in [3.63, 3.8) is 0 Å². The molecule has 0 aliphatic carbocycles. The third-order valence-electron chi connectivity index (χ3n) is 4.55. The van der Waals surface area contributed by atoms with Crippen LogP contribution in [0.25, 0.3) is 11.1 Å². The highest BCUT2D eigenvalue weighted by Gasteiger charge is 2.35. The van der Waals surface area contributed by atoms with Crippen LogP contribution >= 0.6 is 0 Å². The number of benzene rings is 1. The molecule has 0 spiro atoms. The number of imidazole rings is 1. The Bertz CT molecular complexity index is 978. The van der Waals surface area contributed by atoms with E-state index >= 15 is 0 Å². The average molecular weight is 336 g/mol. The van der Waals surface area contributed by atoms with Crippen LogP contribution in [0.15, 0.2) is 48.2 Å². The lowest BCUT2D eigenvalue weighted by atomic mass is 9.88. The molecule has 1 aromatic carbocycles. The summed E-state index contributed by atoms with van der Waals surface area (Å²) in [4.78, 5) is 16.9. The zero-order valence-electron chi connectivity index (χ0n) is 13.9. The molecule has 0 saturated heterocycles. The van der Waals surface area contributed by atoms with Gasteiger partial charge in [0.1, 0.15) is 29.2 Å². The maximum atomic E-state index is 14.7. The lowest BCUT2D eigenvalue weighted by molar-refractivity contribution is 0.384. The molecule has 4 rings (SSSR count). The highest BCUT2D eigenvalue weighted by molar-refractivity contribution is 5.97. The van der Waals surface area contributed by atoms with Gasteiger partial charge in [0.05, 0.1) is 18.6 Å².